The third-order valence-electron chi connectivity index (χ3n) is 2.53. The molecule has 2 heterocycles. The van der Waals surface area contributed by atoms with Gasteiger partial charge in [-0.05, 0) is 41.7 Å². The predicted molar refractivity (Wildman–Crippen MR) is 56.6 cm³/mol. The number of rotatable bonds is 4. The van der Waals surface area contributed by atoms with Crippen LogP contribution >= 0.6 is 11.3 Å². The Bertz CT molecular complexity index is 286. The van der Waals surface area contributed by atoms with Gasteiger partial charge in [0.05, 0.1) is 0 Å². The van der Waals surface area contributed by atoms with Gasteiger partial charge in [0.15, 0.2) is 5.78 Å². The van der Waals surface area contributed by atoms with E-state index in [0.29, 0.717) is 6.42 Å². The van der Waals surface area contributed by atoms with Crippen molar-refractivity contribution >= 4 is 17.1 Å². The number of carbonyl (C=O) groups excluding carboxylic acids is 1. The molecule has 0 amide bonds. The van der Waals surface area contributed by atoms with Crippen LogP contribution in [0.3, 0.4) is 0 Å². The van der Waals surface area contributed by atoms with Crippen LogP contribution in [0.25, 0.3) is 0 Å². The van der Waals surface area contributed by atoms with Crippen LogP contribution in [0, 0.1) is 0 Å². The monoisotopic (exact) mass is 210 g/mol. The van der Waals surface area contributed by atoms with Crippen molar-refractivity contribution in [3.8, 4) is 0 Å². The Kier molecular flexibility index (Phi) is 3.32. The molecule has 3 heteroatoms. The smallest absolute Gasteiger partial charge is 0.161 e. The summed E-state index contributed by atoms with van der Waals surface area (Å²) in [5, 5.41) is 4.15. The predicted octanol–water partition coefficient (Wildman–Crippen LogP) is 2.43. The van der Waals surface area contributed by atoms with Crippen LogP contribution in [-0.2, 0) is 16.0 Å². The van der Waals surface area contributed by atoms with Gasteiger partial charge in [-0.25, -0.2) is 0 Å². The first-order valence-electron chi connectivity index (χ1n) is 5.01. The van der Waals surface area contributed by atoms with E-state index in [9.17, 15) is 4.79 Å². The zero-order valence-corrected chi connectivity index (χ0v) is 8.89. The fourth-order valence-corrected chi connectivity index (χ4v) is 2.40. The Morgan fingerprint density at radius 2 is 2.57 bits per heavy atom. The van der Waals surface area contributed by atoms with Crippen LogP contribution in [0.15, 0.2) is 16.8 Å². The first kappa shape index (κ1) is 9.87. The molecule has 0 bridgehead atoms. The number of carbonyl (C=O) groups is 1. The van der Waals surface area contributed by atoms with E-state index in [0.717, 1.165) is 25.9 Å². The molecule has 2 nitrogen and oxygen atoms in total. The van der Waals surface area contributed by atoms with Gasteiger partial charge in [0.1, 0.15) is 6.10 Å². The molecule has 1 fully saturated rings. The summed E-state index contributed by atoms with van der Waals surface area (Å²) < 4.78 is 5.34. The maximum Gasteiger partial charge on any atom is 0.161 e. The minimum absolute atomic E-state index is 0.103. The second-order valence-electron chi connectivity index (χ2n) is 3.60. The lowest BCUT2D eigenvalue weighted by atomic mass is 10.1. The van der Waals surface area contributed by atoms with E-state index in [4.69, 9.17) is 4.74 Å². The first-order valence-corrected chi connectivity index (χ1v) is 5.96. The molecule has 1 aliphatic rings. The highest BCUT2D eigenvalue weighted by molar-refractivity contribution is 7.07. The summed E-state index contributed by atoms with van der Waals surface area (Å²) in [4.78, 5) is 11.6. The van der Waals surface area contributed by atoms with E-state index in [1.165, 1.54) is 5.56 Å². The molecule has 1 aromatic heterocycles. The highest BCUT2D eigenvalue weighted by Crippen LogP contribution is 2.16. The third kappa shape index (κ3) is 2.42. The minimum Gasteiger partial charge on any atom is -0.370 e. The molecule has 1 saturated heterocycles. The molecule has 14 heavy (non-hydrogen) atoms. The van der Waals surface area contributed by atoms with Crippen LogP contribution in [-0.4, -0.2) is 18.5 Å². The van der Waals surface area contributed by atoms with E-state index in [2.05, 4.69) is 11.4 Å². The van der Waals surface area contributed by atoms with Crippen LogP contribution < -0.4 is 0 Å². The number of ether oxygens (including phenoxy) is 1. The summed E-state index contributed by atoms with van der Waals surface area (Å²) in [6, 6.07) is 2.08. The van der Waals surface area contributed by atoms with Crippen LogP contribution in [0.1, 0.15) is 24.8 Å². The average Bonchev–Trinajstić information content (AvgIpc) is 2.87. The summed E-state index contributed by atoms with van der Waals surface area (Å²) in [6.45, 7) is 0.759. The maximum atomic E-state index is 11.6. The molecule has 0 spiro atoms. The van der Waals surface area contributed by atoms with Crippen molar-refractivity contribution < 1.29 is 9.53 Å². The molecule has 0 aromatic carbocycles. The highest BCUT2D eigenvalue weighted by Gasteiger charge is 2.22. The van der Waals surface area contributed by atoms with Gasteiger partial charge in [-0.2, -0.15) is 11.3 Å². The topological polar surface area (TPSA) is 26.3 Å². The fourth-order valence-electron chi connectivity index (χ4n) is 1.70. The number of Topliss-reactive ketones (excluding diaryl/α,β-unsaturated/α-hetero) is 1. The summed E-state index contributed by atoms with van der Waals surface area (Å²) in [7, 11) is 0. The fraction of sp³-hybridized carbons (Fsp3) is 0.545. The molecule has 2 rings (SSSR count). The van der Waals surface area contributed by atoms with E-state index in [-0.39, 0.29) is 11.9 Å². The molecule has 0 saturated carbocycles. The van der Waals surface area contributed by atoms with E-state index in [1.54, 1.807) is 11.3 Å². The number of ketones is 1. The quantitative estimate of drug-likeness (QED) is 0.763. The lowest BCUT2D eigenvalue weighted by Crippen LogP contribution is -2.19. The normalized spacial score (nSPS) is 21.3. The van der Waals surface area contributed by atoms with Crippen molar-refractivity contribution in [3.05, 3.63) is 22.4 Å². The molecule has 76 valence electrons. The summed E-state index contributed by atoms with van der Waals surface area (Å²) >= 11 is 1.68. The van der Waals surface area contributed by atoms with Gasteiger partial charge in [0.2, 0.25) is 0 Å². The summed E-state index contributed by atoms with van der Waals surface area (Å²) in [5.74, 6) is 0.272. The second-order valence-corrected chi connectivity index (χ2v) is 4.38. The molecular formula is C11H14O2S. The number of aryl methyl sites for hydroxylation is 1. The molecule has 1 aliphatic heterocycles. The average molecular weight is 210 g/mol. The zero-order valence-electron chi connectivity index (χ0n) is 8.07. The largest absolute Gasteiger partial charge is 0.370 e. The SMILES string of the molecule is O=C(CCc1ccsc1)C1CCCO1. The molecule has 0 radical (unpaired) electrons. The van der Waals surface area contributed by atoms with Gasteiger partial charge in [-0.1, -0.05) is 0 Å². The van der Waals surface area contributed by atoms with Gasteiger partial charge in [0, 0.05) is 13.0 Å². The second kappa shape index (κ2) is 4.71. The van der Waals surface area contributed by atoms with Crippen LogP contribution in [0.5, 0.6) is 0 Å². The number of thiophene rings is 1. The van der Waals surface area contributed by atoms with Crippen molar-refractivity contribution in [1.29, 1.82) is 0 Å². The minimum atomic E-state index is -0.103. The van der Waals surface area contributed by atoms with Gasteiger partial charge >= 0.3 is 0 Å². The zero-order chi connectivity index (χ0) is 9.80. The number of hydrogen-bond donors (Lipinski definition) is 0. The van der Waals surface area contributed by atoms with Crippen molar-refractivity contribution in [2.75, 3.05) is 6.61 Å². The highest BCUT2D eigenvalue weighted by atomic mass is 32.1. The van der Waals surface area contributed by atoms with Gasteiger partial charge in [0.25, 0.3) is 0 Å². The molecule has 0 N–H and O–H groups in total. The lowest BCUT2D eigenvalue weighted by Gasteiger charge is -2.06. The molecule has 1 unspecified atom stereocenters. The van der Waals surface area contributed by atoms with Crippen LogP contribution in [0.2, 0.25) is 0 Å². The van der Waals surface area contributed by atoms with E-state index >= 15 is 0 Å². The molecule has 1 aromatic rings. The maximum absolute atomic E-state index is 11.6. The van der Waals surface area contributed by atoms with E-state index in [1.807, 2.05) is 5.38 Å². The molecule has 1 atom stereocenters. The Morgan fingerprint density at radius 1 is 1.64 bits per heavy atom. The summed E-state index contributed by atoms with van der Waals surface area (Å²) in [5.41, 5.74) is 1.27. The third-order valence-corrected chi connectivity index (χ3v) is 3.26. The molecular weight excluding hydrogens is 196 g/mol. The van der Waals surface area contributed by atoms with E-state index < -0.39 is 0 Å². The first-order chi connectivity index (χ1) is 6.86. The van der Waals surface area contributed by atoms with Gasteiger partial charge in [-0.15, -0.1) is 0 Å². The lowest BCUT2D eigenvalue weighted by molar-refractivity contribution is -0.127. The standard InChI is InChI=1S/C11H14O2S/c12-10(11-2-1-6-13-11)4-3-9-5-7-14-8-9/h5,7-8,11H,1-4,6H2. The van der Waals surface area contributed by atoms with Crippen molar-refractivity contribution in [2.45, 2.75) is 31.8 Å². The van der Waals surface area contributed by atoms with Crippen molar-refractivity contribution in [1.82, 2.24) is 0 Å². The van der Waals surface area contributed by atoms with Gasteiger partial charge < -0.3 is 4.74 Å². The van der Waals surface area contributed by atoms with Crippen molar-refractivity contribution in [2.24, 2.45) is 0 Å². The number of hydrogen-bond acceptors (Lipinski definition) is 3. The Balaban J connectivity index is 1.77. The Labute approximate surface area is 87.9 Å². The van der Waals surface area contributed by atoms with Crippen molar-refractivity contribution in [3.63, 3.8) is 0 Å². The van der Waals surface area contributed by atoms with Crippen LogP contribution in [0.4, 0.5) is 0 Å². The Morgan fingerprint density at radius 3 is 3.21 bits per heavy atom. The Hall–Kier alpha value is -0.670. The molecule has 0 aliphatic carbocycles. The van der Waals surface area contributed by atoms with Gasteiger partial charge in [-0.3, -0.25) is 4.79 Å². The summed E-state index contributed by atoms with van der Waals surface area (Å²) in [6.07, 6.45) is 3.34.